The molecule has 1 aliphatic rings. The second-order valence-electron chi connectivity index (χ2n) is 8.59. The van der Waals surface area contributed by atoms with E-state index in [0.29, 0.717) is 13.1 Å². The molecule has 6 nitrogen and oxygen atoms in total. The number of halogens is 2. The van der Waals surface area contributed by atoms with Gasteiger partial charge in [0, 0.05) is 19.6 Å². The molecule has 166 valence electrons. The van der Waals surface area contributed by atoms with Crippen molar-refractivity contribution in [3.05, 3.63) is 71.3 Å². The molecule has 0 aromatic heterocycles. The standard InChI is InChI=1S/C23H27F2N3O3/c1-23(2,3)31-22(30)27-12-13-28(19(14-27)21(26)29)20(15-4-8-17(24)9-5-15)16-6-10-18(25)11-7-16/h4-11,19-20H,12-14H2,1-3H3,(H2,26,29). The lowest BCUT2D eigenvalue weighted by atomic mass is 9.94. The van der Waals surface area contributed by atoms with Gasteiger partial charge in [-0.2, -0.15) is 0 Å². The molecule has 2 amide bonds. The van der Waals surface area contributed by atoms with E-state index in [2.05, 4.69) is 0 Å². The molecule has 0 bridgehead atoms. The average Bonchev–Trinajstić information content (AvgIpc) is 2.69. The topological polar surface area (TPSA) is 75.9 Å². The number of nitrogens with zero attached hydrogens (tertiary/aromatic N) is 2. The highest BCUT2D eigenvalue weighted by Gasteiger charge is 2.39. The summed E-state index contributed by atoms with van der Waals surface area (Å²) >= 11 is 0. The number of benzene rings is 2. The van der Waals surface area contributed by atoms with Crippen molar-refractivity contribution >= 4 is 12.0 Å². The van der Waals surface area contributed by atoms with Crippen LogP contribution in [0.15, 0.2) is 48.5 Å². The van der Waals surface area contributed by atoms with E-state index >= 15 is 0 Å². The largest absolute Gasteiger partial charge is 0.444 e. The number of hydrogen-bond acceptors (Lipinski definition) is 4. The van der Waals surface area contributed by atoms with E-state index in [1.165, 1.54) is 29.2 Å². The Kier molecular flexibility index (Phi) is 6.59. The fourth-order valence-corrected chi connectivity index (χ4v) is 3.72. The Hall–Kier alpha value is -3.00. The van der Waals surface area contributed by atoms with Gasteiger partial charge in [0.15, 0.2) is 0 Å². The van der Waals surface area contributed by atoms with Crippen LogP contribution in [0, 0.1) is 11.6 Å². The van der Waals surface area contributed by atoms with Crippen molar-refractivity contribution in [2.75, 3.05) is 19.6 Å². The number of piperazine rings is 1. The summed E-state index contributed by atoms with van der Waals surface area (Å²) in [5.74, 6) is -1.37. The van der Waals surface area contributed by atoms with Gasteiger partial charge < -0.3 is 15.4 Å². The zero-order chi connectivity index (χ0) is 22.8. The zero-order valence-corrected chi connectivity index (χ0v) is 17.8. The first-order valence-electron chi connectivity index (χ1n) is 10.1. The second-order valence-corrected chi connectivity index (χ2v) is 8.59. The number of nitrogens with two attached hydrogens (primary N) is 1. The number of amides is 2. The van der Waals surface area contributed by atoms with E-state index in [1.54, 1.807) is 45.0 Å². The van der Waals surface area contributed by atoms with Crippen LogP contribution in [-0.2, 0) is 9.53 Å². The van der Waals surface area contributed by atoms with Gasteiger partial charge in [0.1, 0.15) is 23.3 Å². The molecular formula is C23H27F2N3O3. The molecule has 2 N–H and O–H groups in total. The Labute approximate surface area is 180 Å². The number of carbonyl (C=O) groups excluding carboxylic acids is 2. The highest BCUT2D eigenvalue weighted by atomic mass is 19.1. The normalized spacial score (nSPS) is 17.6. The van der Waals surface area contributed by atoms with E-state index < -0.39 is 29.7 Å². The summed E-state index contributed by atoms with van der Waals surface area (Å²) in [6.07, 6.45) is -0.515. The van der Waals surface area contributed by atoms with E-state index in [-0.39, 0.29) is 18.2 Å². The minimum Gasteiger partial charge on any atom is -0.444 e. The Morgan fingerprint density at radius 2 is 1.45 bits per heavy atom. The summed E-state index contributed by atoms with van der Waals surface area (Å²) in [4.78, 5) is 28.2. The van der Waals surface area contributed by atoms with Gasteiger partial charge in [0.05, 0.1) is 6.04 Å². The maximum atomic E-state index is 13.5. The van der Waals surface area contributed by atoms with Gasteiger partial charge in [-0.1, -0.05) is 24.3 Å². The molecule has 1 aliphatic heterocycles. The molecule has 1 saturated heterocycles. The first-order valence-corrected chi connectivity index (χ1v) is 10.1. The van der Waals surface area contributed by atoms with Gasteiger partial charge in [0.2, 0.25) is 5.91 Å². The predicted octanol–water partition coefficient (Wildman–Crippen LogP) is 3.46. The third-order valence-corrected chi connectivity index (χ3v) is 5.11. The van der Waals surface area contributed by atoms with Gasteiger partial charge >= 0.3 is 6.09 Å². The van der Waals surface area contributed by atoms with Crippen LogP contribution in [0.4, 0.5) is 13.6 Å². The molecule has 1 fully saturated rings. The molecule has 31 heavy (non-hydrogen) atoms. The SMILES string of the molecule is CC(C)(C)OC(=O)N1CCN(C(c2ccc(F)cc2)c2ccc(F)cc2)C(C(N)=O)C1. The molecule has 0 radical (unpaired) electrons. The molecule has 0 spiro atoms. The molecule has 0 aliphatic carbocycles. The number of primary amides is 1. The van der Waals surface area contributed by atoms with Crippen LogP contribution < -0.4 is 5.73 Å². The Morgan fingerprint density at radius 3 is 1.87 bits per heavy atom. The van der Waals surface area contributed by atoms with Crippen LogP contribution in [0.5, 0.6) is 0 Å². The lowest BCUT2D eigenvalue weighted by molar-refractivity contribution is -0.126. The molecular weight excluding hydrogens is 404 g/mol. The Morgan fingerprint density at radius 1 is 0.968 bits per heavy atom. The Bertz CT molecular complexity index is 881. The molecule has 0 saturated carbocycles. The van der Waals surface area contributed by atoms with Crippen molar-refractivity contribution in [1.29, 1.82) is 0 Å². The fourth-order valence-electron chi connectivity index (χ4n) is 3.72. The van der Waals surface area contributed by atoms with Crippen molar-refractivity contribution in [3.8, 4) is 0 Å². The zero-order valence-electron chi connectivity index (χ0n) is 17.8. The van der Waals surface area contributed by atoms with E-state index in [4.69, 9.17) is 10.5 Å². The van der Waals surface area contributed by atoms with Gasteiger partial charge in [-0.25, -0.2) is 13.6 Å². The van der Waals surface area contributed by atoms with Gasteiger partial charge in [0.25, 0.3) is 0 Å². The molecule has 2 aromatic rings. The van der Waals surface area contributed by atoms with Crippen molar-refractivity contribution < 1.29 is 23.1 Å². The summed E-state index contributed by atoms with van der Waals surface area (Å²) in [6, 6.07) is 10.6. The first-order chi connectivity index (χ1) is 14.5. The molecule has 3 rings (SSSR count). The van der Waals surface area contributed by atoms with E-state index in [9.17, 15) is 18.4 Å². The van der Waals surface area contributed by atoms with Gasteiger partial charge in [-0.3, -0.25) is 9.69 Å². The smallest absolute Gasteiger partial charge is 0.410 e. The second kappa shape index (κ2) is 9.01. The molecule has 1 heterocycles. The van der Waals surface area contributed by atoms with Crippen LogP contribution in [0.1, 0.15) is 37.9 Å². The van der Waals surface area contributed by atoms with Crippen LogP contribution in [0.2, 0.25) is 0 Å². The number of ether oxygens (including phenoxy) is 1. The van der Waals surface area contributed by atoms with Crippen molar-refractivity contribution in [3.63, 3.8) is 0 Å². The predicted molar refractivity (Wildman–Crippen MR) is 112 cm³/mol. The third kappa shape index (κ3) is 5.58. The maximum absolute atomic E-state index is 13.5. The molecule has 2 aromatic carbocycles. The Balaban J connectivity index is 1.94. The summed E-state index contributed by atoms with van der Waals surface area (Å²) in [7, 11) is 0. The first kappa shape index (κ1) is 22.7. The number of rotatable bonds is 4. The minimum atomic E-state index is -0.804. The van der Waals surface area contributed by atoms with Gasteiger partial charge in [-0.15, -0.1) is 0 Å². The lowest BCUT2D eigenvalue weighted by Gasteiger charge is -2.44. The van der Waals surface area contributed by atoms with E-state index in [0.717, 1.165) is 11.1 Å². The van der Waals surface area contributed by atoms with Crippen LogP contribution in [-0.4, -0.2) is 53.1 Å². The average molecular weight is 431 g/mol. The summed E-state index contributed by atoms with van der Waals surface area (Å²) < 4.78 is 32.5. The fraction of sp³-hybridized carbons (Fsp3) is 0.391. The number of carbonyl (C=O) groups is 2. The highest BCUT2D eigenvalue weighted by molar-refractivity contribution is 5.81. The molecule has 8 heteroatoms. The third-order valence-electron chi connectivity index (χ3n) is 5.11. The van der Waals surface area contributed by atoms with Crippen LogP contribution in [0.3, 0.4) is 0 Å². The van der Waals surface area contributed by atoms with Crippen LogP contribution >= 0.6 is 0 Å². The van der Waals surface area contributed by atoms with E-state index in [1.807, 2.05) is 4.90 Å². The van der Waals surface area contributed by atoms with Crippen molar-refractivity contribution in [2.24, 2.45) is 5.73 Å². The molecule has 1 atom stereocenters. The highest BCUT2D eigenvalue weighted by Crippen LogP contribution is 2.32. The minimum absolute atomic E-state index is 0.0587. The monoisotopic (exact) mass is 431 g/mol. The summed E-state index contributed by atoms with van der Waals surface area (Å²) in [6.45, 7) is 6.01. The summed E-state index contributed by atoms with van der Waals surface area (Å²) in [5, 5.41) is 0. The quantitative estimate of drug-likeness (QED) is 0.805. The summed E-state index contributed by atoms with van der Waals surface area (Å²) in [5.41, 5.74) is 6.50. The van der Waals surface area contributed by atoms with Crippen molar-refractivity contribution in [2.45, 2.75) is 38.5 Å². The maximum Gasteiger partial charge on any atom is 0.410 e. The number of hydrogen-bond donors (Lipinski definition) is 1. The molecule has 1 unspecified atom stereocenters. The lowest BCUT2D eigenvalue weighted by Crippen LogP contribution is -2.60. The van der Waals surface area contributed by atoms with Gasteiger partial charge in [-0.05, 0) is 56.2 Å². The van der Waals surface area contributed by atoms with Crippen LogP contribution in [0.25, 0.3) is 0 Å². The van der Waals surface area contributed by atoms with Crippen molar-refractivity contribution in [1.82, 2.24) is 9.80 Å².